The molecule has 1 fully saturated rings. The molecular weight excluding hydrogens is 236 g/mol. The van der Waals surface area contributed by atoms with E-state index in [0.717, 1.165) is 19.4 Å². The summed E-state index contributed by atoms with van der Waals surface area (Å²) in [7, 11) is 0. The van der Waals surface area contributed by atoms with Gasteiger partial charge in [0.2, 0.25) is 5.82 Å². The van der Waals surface area contributed by atoms with E-state index < -0.39 is 0 Å². The van der Waals surface area contributed by atoms with Crippen LogP contribution < -0.4 is 0 Å². The highest BCUT2D eigenvalue weighted by Gasteiger charge is 2.31. The summed E-state index contributed by atoms with van der Waals surface area (Å²) in [6, 6.07) is 2.28. The molecule has 2 aromatic heterocycles. The number of aromatic amines is 1. The van der Waals surface area contributed by atoms with Crippen LogP contribution in [0.15, 0.2) is 23.2 Å². The summed E-state index contributed by atoms with van der Waals surface area (Å²) in [6.07, 6.45) is 3.43. The van der Waals surface area contributed by atoms with E-state index in [2.05, 4.69) is 26.6 Å². The minimum atomic E-state index is -0.0591. The Labute approximate surface area is 102 Å². The van der Waals surface area contributed by atoms with Crippen LogP contribution in [-0.4, -0.2) is 32.5 Å². The maximum absolute atomic E-state index is 12.2. The Bertz CT molecular complexity index is 494. The number of nitrogens with one attached hydrogen (secondary N) is 1. The third-order valence-electron chi connectivity index (χ3n) is 3.06. The summed E-state index contributed by atoms with van der Waals surface area (Å²) in [5.41, 5.74) is 1.22. The van der Waals surface area contributed by atoms with Gasteiger partial charge in [0.1, 0.15) is 6.33 Å². The van der Waals surface area contributed by atoms with Crippen LogP contribution >= 0.6 is 11.3 Å². The van der Waals surface area contributed by atoms with Gasteiger partial charge in [-0.2, -0.15) is 16.4 Å². The fourth-order valence-electron chi connectivity index (χ4n) is 2.27. The van der Waals surface area contributed by atoms with Crippen LogP contribution in [0.2, 0.25) is 0 Å². The molecule has 1 atom stereocenters. The van der Waals surface area contributed by atoms with Crippen molar-refractivity contribution in [2.75, 3.05) is 6.54 Å². The summed E-state index contributed by atoms with van der Waals surface area (Å²) in [5.74, 6) is 0.267. The Morgan fingerprint density at radius 2 is 2.53 bits per heavy atom. The first kappa shape index (κ1) is 10.5. The molecule has 1 amide bonds. The van der Waals surface area contributed by atoms with Gasteiger partial charge in [0, 0.05) is 6.54 Å². The molecule has 0 radical (unpaired) electrons. The molecule has 6 heteroatoms. The number of likely N-dealkylation sites (tertiary alicyclic amines) is 1. The number of aromatic nitrogens is 3. The van der Waals surface area contributed by atoms with E-state index >= 15 is 0 Å². The van der Waals surface area contributed by atoms with Crippen molar-refractivity contribution in [1.82, 2.24) is 20.1 Å². The molecule has 0 aromatic carbocycles. The number of hydrogen-bond acceptors (Lipinski definition) is 4. The summed E-state index contributed by atoms with van der Waals surface area (Å²) >= 11 is 1.66. The van der Waals surface area contributed by atoms with Gasteiger partial charge in [0.15, 0.2) is 0 Å². The number of amides is 1. The van der Waals surface area contributed by atoms with Gasteiger partial charge in [-0.3, -0.25) is 9.89 Å². The Balaban J connectivity index is 1.85. The summed E-state index contributed by atoms with van der Waals surface area (Å²) in [4.78, 5) is 18.0. The van der Waals surface area contributed by atoms with Crippen LogP contribution in [0, 0.1) is 0 Å². The van der Waals surface area contributed by atoms with Gasteiger partial charge >= 0.3 is 0 Å². The first-order valence-corrected chi connectivity index (χ1v) is 6.49. The molecule has 0 saturated carbocycles. The van der Waals surface area contributed by atoms with Crippen LogP contribution in [-0.2, 0) is 0 Å². The average Bonchev–Trinajstić information content (AvgIpc) is 3.09. The molecule has 1 aliphatic heterocycles. The molecule has 2 aromatic rings. The van der Waals surface area contributed by atoms with Crippen molar-refractivity contribution in [1.29, 1.82) is 0 Å². The standard InChI is InChI=1S/C11H12N4OS/c16-11(10-12-7-13-14-10)15-4-1-2-9(15)8-3-5-17-6-8/h3,5-7,9H,1-2,4H2,(H,12,13,14). The smallest absolute Gasteiger partial charge is 0.291 e. The number of H-pyrrole nitrogens is 1. The van der Waals surface area contributed by atoms with Crippen LogP contribution in [0.4, 0.5) is 0 Å². The van der Waals surface area contributed by atoms with Crippen molar-refractivity contribution in [2.45, 2.75) is 18.9 Å². The van der Waals surface area contributed by atoms with E-state index in [9.17, 15) is 4.79 Å². The molecule has 3 heterocycles. The molecular formula is C11H12N4OS. The predicted octanol–water partition coefficient (Wildman–Crippen LogP) is 1.84. The molecule has 1 aliphatic rings. The van der Waals surface area contributed by atoms with Gasteiger partial charge < -0.3 is 4.90 Å². The monoisotopic (exact) mass is 248 g/mol. The Morgan fingerprint density at radius 1 is 1.59 bits per heavy atom. The predicted molar refractivity (Wildman–Crippen MR) is 63.7 cm³/mol. The highest BCUT2D eigenvalue weighted by atomic mass is 32.1. The van der Waals surface area contributed by atoms with Gasteiger partial charge in [-0.25, -0.2) is 4.98 Å². The highest BCUT2D eigenvalue weighted by molar-refractivity contribution is 7.07. The fraction of sp³-hybridized carbons (Fsp3) is 0.364. The molecule has 1 N–H and O–H groups in total. The topological polar surface area (TPSA) is 61.9 Å². The second-order valence-electron chi connectivity index (χ2n) is 4.05. The average molecular weight is 248 g/mol. The second-order valence-corrected chi connectivity index (χ2v) is 4.83. The van der Waals surface area contributed by atoms with Crippen molar-refractivity contribution < 1.29 is 4.79 Å². The Morgan fingerprint density at radius 3 is 3.24 bits per heavy atom. The molecule has 0 spiro atoms. The fourth-order valence-corrected chi connectivity index (χ4v) is 2.97. The summed E-state index contributed by atoms with van der Waals surface area (Å²) in [5, 5.41) is 10.5. The molecule has 0 bridgehead atoms. The third-order valence-corrected chi connectivity index (χ3v) is 3.76. The van der Waals surface area contributed by atoms with Gasteiger partial charge in [-0.15, -0.1) is 0 Å². The minimum absolute atomic E-state index is 0.0591. The molecule has 5 nitrogen and oxygen atoms in total. The molecule has 88 valence electrons. The number of nitrogens with zero attached hydrogens (tertiary/aromatic N) is 3. The van der Waals surface area contributed by atoms with Crippen LogP contribution in [0.1, 0.15) is 35.1 Å². The lowest BCUT2D eigenvalue weighted by molar-refractivity contribution is 0.0724. The van der Waals surface area contributed by atoms with E-state index in [0.29, 0.717) is 5.82 Å². The minimum Gasteiger partial charge on any atom is -0.329 e. The number of carbonyl (C=O) groups is 1. The van der Waals surface area contributed by atoms with Crippen molar-refractivity contribution in [3.63, 3.8) is 0 Å². The van der Waals surface area contributed by atoms with E-state index in [-0.39, 0.29) is 11.9 Å². The van der Waals surface area contributed by atoms with Crippen molar-refractivity contribution in [2.24, 2.45) is 0 Å². The lowest BCUT2D eigenvalue weighted by Crippen LogP contribution is -2.31. The van der Waals surface area contributed by atoms with Crippen molar-refractivity contribution in [3.8, 4) is 0 Å². The van der Waals surface area contributed by atoms with Gasteiger partial charge in [0.05, 0.1) is 6.04 Å². The van der Waals surface area contributed by atoms with Crippen LogP contribution in [0.25, 0.3) is 0 Å². The molecule has 17 heavy (non-hydrogen) atoms. The largest absolute Gasteiger partial charge is 0.329 e. The van der Waals surface area contributed by atoms with E-state index in [1.807, 2.05) is 10.3 Å². The van der Waals surface area contributed by atoms with E-state index in [4.69, 9.17) is 0 Å². The zero-order chi connectivity index (χ0) is 11.7. The lowest BCUT2D eigenvalue weighted by atomic mass is 10.1. The van der Waals surface area contributed by atoms with E-state index in [1.54, 1.807) is 11.3 Å². The third kappa shape index (κ3) is 1.84. The van der Waals surface area contributed by atoms with Gasteiger partial charge in [0.25, 0.3) is 5.91 Å². The maximum Gasteiger partial charge on any atom is 0.291 e. The zero-order valence-corrected chi connectivity index (χ0v) is 9.98. The number of rotatable bonds is 2. The first-order chi connectivity index (χ1) is 8.36. The molecule has 1 saturated heterocycles. The Hall–Kier alpha value is -1.69. The maximum atomic E-state index is 12.2. The highest BCUT2D eigenvalue weighted by Crippen LogP contribution is 2.33. The van der Waals surface area contributed by atoms with Crippen molar-refractivity contribution >= 4 is 17.2 Å². The molecule has 3 rings (SSSR count). The number of thiophene rings is 1. The summed E-state index contributed by atoms with van der Waals surface area (Å²) < 4.78 is 0. The van der Waals surface area contributed by atoms with Gasteiger partial charge in [-0.1, -0.05) is 0 Å². The normalized spacial score (nSPS) is 19.8. The Kier molecular flexibility index (Phi) is 2.64. The lowest BCUT2D eigenvalue weighted by Gasteiger charge is -2.22. The first-order valence-electron chi connectivity index (χ1n) is 5.54. The molecule has 1 unspecified atom stereocenters. The number of carbonyl (C=O) groups excluding carboxylic acids is 1. The van der Waals surface area contributed by atoms with Crippen molar-refractivity contribution in [3.05, 3.63) is 34.5 Å². The summed E-state index contributed by atoms with van der Waals surface area (Å²) in [6.45, 7) is 0.792. The zero-order valence-electron chi connectivity index (χ0n) is 9.17. The quantitative estimate of drug-likeness (QED) is 0.882. The second kappa shape index (κ2) is 4.29. The van der Waals surface area contributed by atoms with Crippen LogP contribution in [0.3, 0.4) is 0 Å². The molecule has 0 aliphatic carbocycles. The SMILES string of the molecule is O=C(c1ncn[nH]1)N1CCCC1c1ccsc1. The van der Waals surface area contributed by atoms with Gasteiger partial charge in [-0.05, 0) is 35.2 Å². The van der Waals surface area contributed by atoms with E-state index in [1.165, 1.54) is 11.9 Å². The van der Waals surface area contributed by atoms with Crippen LogP contribution in [0.5, 0.6) is 0 Å². The number of hydrogen-bond donors (Lipinski definition) is 1.